The summed E-state index contributed by atoms with van der Waals surface area (Å²) in [5, 5.41) is 13.5. The van der Waals surface area contributed by atoms with Crippen LogP contribution in [0.1, 0.15) is 63.3 Å². The molecule has 1 aromatic heterocycles. The van der Waals surface area contributed by atoms with Gasteiger partial charge in [0.1, 0.15) is 5.75 Å². The Hall–Kier alpha value is -2.87. The number of hydrogen-bond donors (Lipinski definition) is 1. The van der Waals surface area contributed by atoms with Crippen molar-refractivity contribution in [1.29, 1.82) is 0 Å². The molecular weight excluding hydrogens is 444 g/mol. The van der Waals surface area contributed by atoms with Crippen molar-refractivity contribution < 1.29 is 19.2 Å². The van der Waals surface area contributed by atoms with Gasteiger partial charge < -0.3 is 24.2 Å². The van der Waals surface area contributed by atoms with E-state index in [1.807, 2.05) is 0 Å². The van der Waals surface area contributed by atoms with Crippen LogP contribution in [-0.2, 0) is 4.79 Å². The smallest absolute Gasteiger partial charge is 0.324 e. The number of likely N-dealkylation sites (tertiary alicyclic amines) is 1. The Morgan fingerprint density at radius 1 is 1.17 bits per heavy atom. The summed E-state index contributed by atoms with van der Waals surface area (Å²) >= 11 is 0. The third-order valence-electron chi connectivity index (χ3n) is 7.48. The second kappa shape index (κ2) is 10.4. The van der Waals surface area contributed by atoms with Gasteiger partial charge in [0.25, 0.3) is 0 Å². The zero-order valence-electron chi connectivity index (χ0n) is 20.7. The van der Waals surface area contributed by atoms with E-state index in [-0.39, 0.29) is 23.8 Å². The summed E-state index contributed by atoms with van der Waals surface area (Å²) in [6, 6.07) is 8.99. The summed E-state index contributed by atoms with van der Waals surface area (Å²) in [5.41, 5.74) is 2.51. The van der Waals surface area contributed by atoms with Crippen molar-refractivity contribution in [3.05, 3.63) is 41.7 Å². The molecule has 0 bridgehead atoms. The molecule has 0 radical (unpaired) electrons. The van der Waals surface area contributed by atoms with Crippen molar-refractivity contribution in [2.75, 3.05) is 37.7 Å². The number of piperidine rings is 1. The second-order valence-corrected chi connectivity index (χ2v) is 10.5. The Balaban J connectivity index is 1.06. The van der Waals surface area contributed by atoms with Crippen LogP contribution >= 0.6 is 0 Å². The molecule has 0 saturated carbocycles. The Kier molecular flexibility index (Phi) is 7.09. The minimum atomic E-state index is -0.336. The van der Waals surface area contributed by atoms with E-state index in [1.54, 1.807) is 4.90 Å². The fourth-order valence-corrected chi connectivity index (χ4v) is 5.07. The van der Waals surface area contributed by atoms with E-state index >= 15 is 0 Å². The van der Waals surface area contributed by atoms with E-state index < -0.39 is 0 Å². The van der Waals surface area contributed by atoms with Gasteiger partial charge in [-0.15, -0.1) is 0 Å². The number of rotatable bonds is 7. The number of amides is 1. The maximum absolute atomic E-state index is 12.5. The Morgan fingerprint density at radius 2 is 1.91 bits per heavy atom. The number of carbonyl (C=O) groups is 1. The lowest BCUT2D eigenvalue weighted by molar-refractivity contribution is -0.145. The molecule has 3 aliphatic rings. The zero-order valence-corrected chi connectivity index (χ0v) is 20.7. The number of hydrogen-bond acceptors (Lipinski definition) is 7. The fraction of sp³-hybridized carbons (Fsp3) is 0.593. The van der Waals surface area contributed by atoms with Crippen molar-refractivity contribution >= 4 is 17.5 Å². The number of allylic oxidation sites excluding steroid dienone is 2. The highest BCUT2D eigenvalue weighted by molar-refractivity contribution is 5.81. The normalized spacial score (nSPS) is 21.7. The van der Waals surface area contributed by atoms with E-state index in [0.717, 1.165) is 56.8 Å². The molecule has 188 valence electrons. The third-order valence-corrected chi connectivity index (χ3v) is 7.48. The molecule has 0 spiro atoms. The zero-order chi connectivity index (χ0) is 24.4. The van der Waals surface area contributed by atoms with E-state index in [2.05, 4.69) is 59.2 Å². The highest BCUT2D eigenvalue weighted by Gasteiger charge is 2.33. The molecule has 1 aromatic carbocycles. The number of aromatic nitrogens is 2. The first-order valence-corrected chi connectivity index (χ1v) is 12.9. The first kappa shape index (κ1) is 23.9. The fourth-order valence-electron chi connectivity index (χ4n) is 5.07. The summed E-state index contributed by atoms with van der Waals surface area (Å²) in [5.74, 6) is 2.69. The third kappa shape index (κ3) is 5.53. The monoisotopic (exact) mass is 480 g/mol. The molecule has 1 aliphatic carbocycles. The van der Waals surface area contributed by atoms with Crippen molar-refractivity contribution in [1.82, 2.24) is 15.0 Å². The molecule has 5 rings (SSSR count). The number of carbonyl (C=O) groups excluding carboxylic acids is 1. The first-order chi connectivity index (χ1) is 17.0. The van der Waals surface area contributed by atoms with Crippen LogP contribution in [0.2, 0.25) is 0 Å². The molecule has 1 N–H and O–H groups in total. The molecule has 1 amide bonds. The standard InChI is InChI=1S/C27H36N4O4/c1-18(2)25-28-27(35-29-25)30-13-11-19(12-14-30)17-34-24-9-7-21(8-10-24)20-3-5-22(6-4-20)26(33)31-15-23(32)16-31/h3,7-10,18-19,22-23,32H,4-6,11-17H2,1-2H3. The van der Waals surface area contributed by atoms with Gasteiger partial charge in [0.15, 0.2) is 5.82 Å². The van der Waals surface area contributed by atoms with E-state index in [4.69, 9.17) is 9.26 Å². The minimum absolute atomic E-state index is 0.0531. The van der Waals surface area contributed by atoms with E-state index in [9.17, 15) is 9.90 Å². The number of anilines is 1. The van der Waals surface area contributed by atoms with Crippen LogP contribution in [0.4, 0.5) is 6.01 Å². The number of ether oxygens (including phenoxy) is 1. The molecule has 3 heterocycles. The number of aliphatic hydroxyl groups is 1. The van der Waals surface area contributed by atoms with Gasteiger partial charge in [0, 0.05) is 38.0 Å². The van der Waals surface area contributed by atoms with E-state index in [1.165, 1.54) is 11.1 Å². The van der Waals surface area contributed by atoms with Gasteiger partial charge in [-0.2, -0.15) is 4.98 Å². The van der Waals surface area contributed by atoms with Crippen LogP contribution in [0.25, 0.3) is 5.57 Å². The Labute approximate surface area is 206 Å². The highest BCUT2D eigenvalue weighted by atomic mass is 16.5. The Morgan fingerprint density at radius 3 is 2.51 bits per heavy atom. The summed E-state index contributed by atoms with van der Waals surface area (Å²) in [7, 11) is 0. The summed E-state index contributed by atoms with van der Waals surface area (Å²) < 4.78 is 11.5. The largest absolute Gasteiger partial charge is 0.493 e. The van der Waals surface area contributed by atoms with Crippen LogP contribution in [0.3, 0.4) is 0 Å². The lowest BCUT2D eigenvalue weighted by Crippen LogP contribution is -2.55. The topological polar surface area (TPSA) is 91.9 Å². The van der Waals surface area contributed by atoms with E-state index in [0.29, 0.717) is 31.6 Å². The van der Waals surface area contributed by atoms with Crippen LogP contribution in [0.15, 0.2) is 34.9 Å². The average molecular weight is 481 g/mol. The van der Waals surface area contributed by atoms with Gasteiger partial charge in [-0.05, 0) is 61.3 Å². The Bertz CT molecular complexity index is 1030. The maximum atomic E-state index is 12.5. The predicted octanol–water partition coefficient (Wildman–Crippen LogP) is 3.88. The number of benzene rings is 1. The molecule has 1 unspecified atom stereocenters. The second-order valence-electron chi connectivity index (χ2n) is 10.5. The number of β-amino-alcohol motifs (C(OH)–C–C–N with tert-alkyl or cyclic N) is 1. The molecular formula is C27H36N4O4. The van der Waals surface area contributed by atoms with Gasteiger partial charge in [0.2, 0.25) is 5.91 Å². The molecule has 35 heavy (non-hydrogen) atoms. The SMILES string of the molecule is CC(C)c1noc(N2CCC(COc3ccc(C4=CCC(C(=O)N5CC(O)C5)CC4)cc3)CC2)n1. The molecule has 2 saturated heterocycles. The lowest BCUT2D eigenvalue weighted by atomic mass is 9.85. The maximum Gasteiger partial charge on any atom is 0.324 e. The van der Waals surface area contributed by atoms with Gasteiger partial charge in [-0.3, -0.25) is 4.79 Å². The van der Waals surface area contributed by atoms with Crippen LogP contribution in [0, 0.1) is 11.8 Å². The summed E-state index contributed by atoms with van der Waals surface area (Å²) in [6.07, 6.45) is 6.51. The van der Waals surface area contributed by atoms with Crippen LogP contribution in [-0.4, -0.2) is 64.9 Å². The minimum Gasteiger partial charge on any atom is -0.493 e. The molecule has 8 heteroatoms. The first-order valence-electron chi connectivity index (χ1n) is 12.9. The number of aliphatic hydroxyl groups excluding tert-OH is 1. The van der Waals surface area contributed by atoms with Crippen molar-refractivity contribution in [3.8, 4) is 5.75 Å². The molecule has 2 fully saturated rings. The predicted molar refractivity (Wildman–Crippen MR) is 133 cm³/mol. The summed E-state index contributed by atoms with van der Waals surface area (Å²) in [6.45, 7) is 7.64. The van der Waals surface area contributed by atoms with Crippen molar-refractivity contribution in [2.24, 2.45) is 11.8 Å². The van der Waals surface area contributed by atoms with Crippen molar-refractivity contribution in [3.63, 3.8) is 0 Å². The molecule has 2 aliphatic heterocycles. The molecule has 8 nitrogen and oxygen atoms in total. The summed E-state index contributed by atoms with van der Waals surface area (Å²) in [4.78, 5) is 20.9. The average Bonchev–Trinajstić information content (AvgIpc) is 3.37. The van der Waals surface area contributed by atoms with Gasteiger partial charge in [0.05, 0.1) is 12.7 Å². The highest BCUT2D eigenvalue weighted by Crippen LogP contribution is 2.33. The molecule has 1 atom stereocenters. The lowest BCUT2D eigenvalue weighted by Gasteiger charge is -2.38. The van der Waals surface area contributed by atoms with Crippen LogP contribution < -0.4 is 9.64 Å². The number of nitrogens with zero attached hydrogens (tertiary/aromatic N) is 4. The quantitative estimate of drug-likeness (QED) is 0.643. The van der Waals surface area contributed by atoms with Crippen molar-refractivity contribution in [2.45, 2.75) is 58.0 Å². The van der Waals surface area contributed by atoms with Gasteiger partial charge in [-0.1, -0.05) is 37.2 Å². The van der Waals surface area contributed by atoms with Gasteiger partial charge in [-0.25, -0.2) is 0 Å². The van der Waals surface area contributed by atoms with Crippen LogP contribution in [0.5, 0.6) is 5.75 Å². The van der Waals surface area contributed by atoms with Gasteiger partial charge >= 0.3 is 6.01 Å². The molecule has 2 aromatic rings.